The van der Waals surface area contributed by atoms with Gasteiger partial charge in [-0.1, -0.05) is 0 Å². The van der Waals surface area contributed by atoms with Crippen LogP contribution in [0.1, 0.15) is 12.5 Å². The fourth-order valence-corrected chi connectivity index (χ4v) is 1.18. The zero-order valence-electron chi connectivity index (χ0n) is 8.67. The Hall–Kier alpha value is -2.18. The first-order valence-electron chi connectivity index (χ1n) is 4.59. The van der Waals surface area contributed by atoms with Crippen LogP contribution in [0.5, 0.6) is 0 Å². The van der Waals surface area contributed by atoms with Crippen molar-refractivity contribution < 1.29 is 14.5 Å². The molecule has 0 spiro atoms. The van der Waals surface area contributed by atoms with Gasteiger partial charge in [0.1, 0.15) is 12.0 Å². The fraction of sp³-hybridized carbons (Fsp3) is 0.333. The van der Waals surface area contributed by atoms with Gasteiger partial charge in [0.25, 0.3) is 5.69 Å². The predicted molar refractivity (Wildman–Crippen MR) is 55.6 cm³/mol. The number of nitrogens with two attached hydrogens (primary N) is 1. The molecule has 1 aromatic heterocycles. The molecular weight excluding hydrogens is 214 g/mol. The number of esters is 1. The molecule has 0 bridgehead atoms. The monoisotopic (exact) mass is 225 g/mol. The van der Waals surface area contributed by atoms with E-state index in [4.69, 9.17) is 10.5 Å². The van der Waals surface area contributed by atoms with Gasteiger partial charge in [0, 0.05) is 5.56 Å². The van der Waals surface area contributed by atoms with Crippen LogP contribution in [-0.4, -0.2) is 22.5 Å². The molecule has 0 amide bonds. The summed E-state index contributed by atoms with van der Waals surface area (Å²) in [7, 11) is 0. The predicted octanol–water partition coefficient (Wildman–Crippen LogP) is 0.678. The van der Waals surface area contributed by atoms with Crippen molar-refractivity contribution in [1.29, 1.82) is 0 Å². The van der Waals surface area contributed by atoms with Crippen LogP contribution in [-0.2, 0) is 16.0 Å². The van der Waals surface area contributed by atoms with Gasteiger partial charge in [-0.3, -0.25) is 14.9 Å². The maximum atomic E-state index is 11.2. The summed E-state index contributed by atoms with van der Waals surface area (Å²) in [6.45, 7) is 1.89. The molecule has 0 aliphatic heterocycles. The van der Waals surface area contributed by atoms with Gasteiger partial charge in [0.15, 0.2) is 0 Å². The highest BCUT2D eigenvalue weighted by atomic mass is 16.6. The van der Waals surface area contributed by atoms with E-state index < -0.39 is 10.9 Å². The number of ether oxygens (including phenoxy) is 1. The minimum Gasteiger partial charge on any atom is -0.466 e. The largest absolute Gasteiger partial charge is 0.466 e. The molecule has 7 nitrogen and oxygen atoms in total. The number of aromatic nitrogens is 1. The van der Waals surface area contributed by atoms with Gasteiger partial charge in [-0.15, -0.1) is 0 Å². The van der Waals surface area contributed by atoms with E-state index in [1.165, 1.54) is 6.07 Å². The molecule has 0 radical (unpaired) electrons. The quantitative estimate of drug-likeness (QED) is 0.458. The Morgan fingerprint density at radius 1 is 1.69 bits per heavy atom. The van der Waals surface area contributed by atoms with Gasteiger partial charge in [-0.05, 0) is 13.0 Å². The first-order valence-corrected chi connectivity index (χ1v) is 4.59. The van der Waals surface area contributed by atoms with Crippen LogP contribution in [0, 0.1) is 10.1 Å². The van der Waals surface area contributed by atoms with Crippen molar-refractivity contribution >= 4 is 17.5 Å². The number of rotatable bonds is 4. The molecule has 0 saturated heterocycles. The number of carbonyl (C=O) groups excluding carboxylic acids is 1. The normalized spacial score (nSPS) is 9.81. The summed E-state index contributed by atoms with van der Waals surface area (Å²) in [5, 5.41) is 10.6. The molecule has 0 aromatic carbocycles. The lowest BCUT2D eigenvalue weighted by Crippen LogP contribution is -2.10. The summed E-state index contributed by atoms with van der Waals surface area (Å²) >= 11 is 0. The van der Waals surface area contributed by atoms with E-state index in [1.54, 1.807) is 6.92 Å². The van der Waals surface area contributed by atoms with Crippen LogP contribution in [0.3, 0.4) is 0 Å². The van der Waals surface area contributed by atoms with Gasteiger partial charge in [0.05, 0.1) is 18.0 Å². The Bertz CT molecular complexity index is 419. The Morgan fingerprint density at radius 2 is 2.38 bits per heavy atom. The average Bonchev–Trinajstić information content (AvgIpc) is 2.17. The van der Waals surface area contributed by atoms with Gasteiger partial charge in [-0.25, -0.2) is 4.98 Å². The summed E-state index contributed by atoms with van der Waals surface area (Å²) in [6.07, 6.45) is 0.848. The second-order valence-corrected chi connectivity index (χ2v) is 2.98. The van der Waals surface area contributed by atoms with E-state index in [9.17, 15) is 14.9 Å². The number of nitro groups is 1. The van der Waals surface area contributed by atoms with Crippen molar-refractivity contribution in [1.82, 2.24) is 4.98 Å². The van der Waals surface area contributed by atoms with Gasteiger partial charge in [-0.2, -0.15) is 0 Å². The molecule has 7 heteroatoms. The third-order valence-electron chi connectivity index (χ3n) is 1.82. The van der Waals surface area contributed by atoms with E-state index in [2.05, 4.69) is 4.98 Å². The molecule has 16 heavy (non-hydrogen) atoms. The van der Waals surface area contributed by atoms with E-state index in [0.717, 1.165) is 6.20 Å². The Morgan fingerprint density at radius 3 is 2.94 bits per heavy atom. The third-order valence-corrected chi connectivity index (χ3v) is 1.82. The van der Waals surface area contributed by atoms with E-state index in [1.807, 2.05) is 0 Å². The summed E-state index contributed by atoms with van der Waals surface area (Å²) in [6, 6.07) is 1.30. The lowest BCUT2D eigenvalue weighted by atomic mass is 10.1. The molecule has 1 rings (SSSR count). The standard InChI is InChI=1S/C9H11N3O4/c1-2-16-9(13)4-6-3-8(10)11-5-7(6)12(14)15/h3,5H,2,4H2,1H3,(H2,10,11). The zero-order chi connectivity index (χ0) is 12.1. The number of hydrogen-bond acceptors (Lipinski definition) is 6. The van der Waals surface area contributed by atoms with Crippen LogP contribution in [0.4, 0.5) is 11.5 Å². The van der Waals surface area contributed by atoms with Crippen molar-refractivity contribution in [2.45, 2.75) is 13.3 Å². The van der Waals surface area contributed by atoms with Crippen molar-refractivity contribution in [3.8, 4) is 0 Å². The SMILES string of the molecule is CCOC(=O)Cc1cc(N)ncc1[N+](=O)[O-]. The molecule has 86 valence electrons. The van der Waals surface area contributed by atoms with Gasteiger partial charge in [0.2, 0.25) is 0 Å². The molecule has 2 N–H and O–H groups in total. The van der Waals surface area contributed by atoms with Crippen molar-refractivity contribution in [3.63, 3.8) is 0 Å². The van der Waals surface area contributed by atoms with E-state index >= 15 is 0 Å². The molecule has 0 atom stereocenters. The third kappa shape index (κ3) is 2.91. The molecule has 0 aliphatic carbocycles. The maximum Gasteiger partial charge on any atom is 0.310 e. The van der Waals surface area contributed by atoms with Crippen LogP contribution < -0.4 is 5.73 Å². The first-order chi connectivity index (χ1) is 7.54. The molecule has 0 fully saturated rings. The van der Waals surface area contributed by atoms with Crippen LogP contribution in [0.25, 0.3) is 0 Å². The minimum absolute atomic E-state index is 0.130. The number of anilines is 1. The number of pyridine rings is 1. The summed E-state index contributed by atoms with van der Waals surface area (Å²) in [5.74, 6) is -0.402. The van der Waals surface area contributed by atoms with Crippen LogP contribution in [0.15, 0.2) is 12.3 Å². The van der Waals surface area contributed by atoms with Crippen LogP contribution >= 0.6 is 0 Å². The number of hydrogen-bond donors (Lipinski definition) is 1. The number of carbonyl (C=O) groups is 1. The van der Waals surface area contributed by atoms with Crippen LogP contribution in [0.2, 0.25) is 0 Å². The molecular formula is C9H11N3O4. The second-order valence-electron chi connectivity index (χ2n) is 2.98. The highest BCUT2D eigenvalue weighted by Crippen LogP contribution is 2.19. The van der Waals surface area contributed by atoms with Crippen molar-refractivity contribution in [2.75, 3.05) is 12.3 Å². The smallest absolute Gasteiger partial charge is 0.310 e. The highest BCUT2D eigenvalue weighted by molar-refractivity contribution is 5.74. The Balaban J connectivity index is 2.96. The minimum atomic E-state index is -0.610. The molecule has 1 aromatic rings. The van der Waals surface area contributed by atoms with E-state index in [-0.39, 0.29) is 30.1 Å². The van der Waals surface area contributed by atoms with E-state index in [0.29, 0.717) is 0 Å². The summed E-state index contributed by atoms with van der Waals surface area (Å²) < 4.78 is 4.70. The summed E-state index contributed by atoms with van der Waals surface area (Å²) in [5.41, 5.74) is 5.36. The zero-order valence-corrected chi connectivity index (χ0v) is 8.67. The first kappa shape index (κ1) is 11.9. The topological polar surface area (TPSA) is 108 Å². The second kappa shape index (κ2) is 5.06. The van der Waals surface area contributed by atoms with Crippen molar-refractivity contribution in [3.05, 3.63) is 27.9 Å². The molecule has 0 aliphatic rings. The average molecular weight is 225 g/mol. The fourth-order valence-electron chi connectivity index (χ4n) is 1.18. The lowest BCUT2D eigenvalue weighted by Gasteiger charge is -2.03. The molecule has 0 saturated carbocycles. The summed E-state index contributed by atoms with van der Waals surface area (Å²) in [4.78, 5) is 24.8. The molecule has 1 heterocycles. The lowest BCUT2D eigenvalue weighted by molar-refractivity contribution is -0.385. The van der Waals surface area contributed by atoms with Gasteiger partial charge < -0.3 is 10.5 Å². The number of nitrogen functional groups attached to an aromatic ring is 1. The number of nitrogens with zero attached hydrogens (tertiary/aromatic N) is 2. The molecule has 0 unspecified atom stereocenters. The highest BCUT2D eigenvalue weighted by Gasteiger charge is 2.17. The Kier molecular flexibility index (Phi) is 3.76. The maximum absolute atomic E-state index is 11.2. The Labute approximate surface area is 91.4 Å². The van der Waals surface area contributed by atoms with Gasteiger partial charge >= 0.3 is 5.97 Å². The van der Waals surface area contributed by atoms with Crippen molar-refractivity contribution in [2.24, 2.45) is 0 Å².